The highest BCUT2D eigenvalue weighted by Gasteiger charge is 2.45. The summed E-state index contributed by atoms with van der Waals surface area (Å²) in [6.07, 6.45) is 3.42. The van der Waals surface area contributed by atoms with Gasteiger partial charge in [-0.1, -0.05) is 24.3 Å². The summed E-state index contributed by atoms with van der Waals surface area (Å²) in [4.78, 5) is 0. The highest BCUT2D eigenvalue weighted by atomic mass is 16.3. The van der Waals surface area contributed by atoms with Crippen LogP contribution in [0.2, 0.25) is 0 Å². The van der Waals surface area contributed by atoms with Gasteiger partial charge in [0.1, 0.15) is 0 Å². The third-order valence-electron chi connectivity index (χ3n) is 3.38. The Morgan fingerprint density at radius 1 is 0.857 bits per heavy atom. The van der Waals surface area contributed by atoms with Gasteiger partial charge in [0.2, 0.25) is 0 Å². The zero-order chi connectivity index (χ0) is 9.81. The molecule has 2 aliphatic carbocycles. The van der Waals surface area contributed by atoms with Crippen molar-refractivity contribution in [2.75, 3.05) is 0 Å². The van der Waals surface area contributed by atoms with Crippen molar-refractivity contribution in [2.45, 2.75) is 36.9 Å². The molecule has 0 bridgehead atoms. The molecule has 2 N–H and O–H groups in total. The van der Waals surface area contributed by atoms with Crippen LogP contribution in [0.25, 0.3) is 0 Å². The Bertz CT molecular complexity index is 342. The first-order valence-electron chi connectivity index (χ1n) is 5.18. The third-order valence-corrected chi connectivity index (χ3v) is 3.38. The van der Waals surface area contributed by atoms with E-state index in [-0.39, 0.29) is 0 Å². The minimum atomic E-state index is -0.582. The topological polar surface area (TPSA) is 40.5 Å². The first-order valence-corrected chi connectivity index (χ1v) is 5.18. The highest BCUT2D eigenvalue weighted by molar-refractivity contribution is 5.36. The lowest BCUT2D eigenvalue weighted by Crippen LogP contribution is -2.09. The van der Waals surface area contributed by atoms with Crippen molar-refractivity contribution >= 4 is 0 Å². The fourth-order valence-electron chi connectivity index (χ4n) is 1.91. The molecule has 0 aromatic heterocycles. The Morgan fingerprint density at radius 2 is 1.29 bits per heavy atom. The van der Waals surface area contributed by atoms with E-state index in [1.807, 2.05) is 24.3 Å². The molecule has 0 heterocycles. The van der Waals surface area contributed by atoms with E-state index in [9.17, 15) is 10.2 Å². The standard InChI is InChI=1S/C12H14O2/c13-11(4-5-11)9-2-1-3-10(8-9)12(14)6-7-12/h1-3,8,13-14H,4-7H2. The molecule has 0 amide bonds. The fraction of sp³-hybridized carbons (Fsp3) is 0.500. The first-order chi connectivity index (χ1) is 6.62. The average Bonchev–Trinajstić information content (AvgIpc) is 3.08. The smallest absolute Gasteiger partial charge is 0.0899 e. The monoisotopic (exact) mass is 190 g/mol. The van der Waals surface area contributed by atoms with E-state index >= 15 is 0 Å². The fourth-order valence-corrected chi connectivity index (χ4v) is 1.91. The van der Waals surface area contributed by atoms with Crippen molar-refractivity contribution in [2.24, 2.45) is 0 Å². The van der Waals surface area contributed by atoms with Crippen LogP contribution in [-0.2, 0) is 11.2 Å². The van der Waals surface area contributed by atoms with Crippen LogP contribution in [-0.4, -0.2) is 10.2 Å². The molecule has 2 saturated carbocycles. The van der Waals surface area contributed by atoms with E-state index in [0.717, 1.165) is 36.8 Å². The van der Waals surface area contributed by atoms with Crippen LogP contribution in [0.15, 0.2) is 24.3 Å². The molecule has 3 rings (SSSR count). The molecular formula is C12H14O2. The van der Waals surface area contributed by atoms with Crippen molar-refractivity contribution in [1.29, 1.82) is 0 Å². The molecule has 1 aromatic rings. The SMILES string of the molecule is OC1(c2cccc(C3(O)CC3)c2)CC1. The van der Waals surface area contributed by atoms with Gasteiger partial charge in [0, 0.05) is 0 Å². The second-order valence-corrected chi connectivity index (χ2v) is 4.64. The van der Waals surface area contributed by atoms with Gasteiger partial charge in [-0.3, -0.25) is 0 Å². The van der Waals surface area contributed by atoms with Gasteiger partial charge in [-0.15, -0.1) is 0 Å². The van der Waals surface area contributed by atoms with E-state index in [1.165, 1.54) is 0 Å². The van der Waals surface area contributed by atoms with Gasteiger partial charge in [0.05, 0.1) is 11.2 Å². The van der Waals surface area contributed by atoms with Gasteiger partial charge in [0.25, 0.3) is 0 Å². The van der Waals surface area contributed by atoms with E-state index < -0.39 is 11.2 Å². The summed E-state index contributed by atoms with van der Waals surface area (Å²) in [6.45, 7) is 0. The molecule has 0 saturated heterocycles. The number of hydrogen-bond acceptors (Lipinski definition) is 2. The first kappa shape index (κ1) is 8.45. The lowest BCUT2D eigenvalue weighted by Gasteiger charge is -2.13. The van der Waals surface area contributed by atoms with Crippen LogP contribution in [0.1, 0.15) is 36.8 Å². The van der Waals surface area contributed by atoms with E-state index in [2.05, 4.69) is 0 Å². The van der Waals surface area contributed by atoms with Crippen molar-refractivity contribution in [3.05, 3.63) is 35.4 Å². The number of hydrogen-bond donors (Lipinski definition) is 2. The van der Waals surface area contributed by atoms with Gasteiger partial charge in [0.15, 0.2) is 0 Å². The quantitative estimate of drug-likeness (QED) is 0.744. The Morgan fingerprint density at radius 3 is 1.64 bits per heavy atom. The van der Waals surface area contributed by atoms with Crippen molar-refractivity contribution in [3.63, 3.8) is 0 Å². The molecule has 2 nitrogen and oxygen atoms in total. The Labute approximate surface area is 83.2 Å². The van der Waals surface area contributed by atoms with Gasteiger partial charge in [-0.2, -0.15) is 0 Å². The van der Waals surface area contributed by atoms with Crippen LogP contribution in [0.4, 0.5) is 0 Å². The average molecular weight is 190 g/mol. The normalized spacial score (nSPS) is 25.9. The molecule has 0 atom stereocenters. The molecule has 2 fully saturated rings. The van der Waals surface area contributed by atoms with Crippen molar-refractivity contribution < 1.29 is 10.2 Å². The number of benzene rings is 1. The third kappa shape index (κ3) is 1.18. The maximum Gasteiger partial charge on any atom is 0.0899 e. The molecule has 0 radical (unpaired) electrons. The largest absolute Gasteiger partial charge is 0.385 e. The maximum absolute atomic E-state index is 9.93. The van der Waals surface area contributed by atoms with E-state index in [0.29, 0.717) is 0 Å². The molecule has 14 heavy (non-hydrogen) atoms. The predicted octanol–water partition coefficient (Wildman–Crippen LogP) is 1.65. The van der Waals surface area contributed by atoms with Crippen LogP contribution in [0.5, 0.6) is 0 Å². The number of aliphatic hydroxyl groups is 2. The molecular weight excluding hydrogens is 176 g/mol. The zero-order valence-corrected chi connectivity index (χ0v) is 8.03. The predicted molar refractivity (Wildman–Crippen MR) is 52.7 cm³/mol. The summed E-state index contributed by atoms with van der Waals surface area (Å²) >= 11 is 0. The lowest BCUT2D eigenvalue weighted by atomic mass is 10.0. The molecule has 0 unspecified atom stereocenters. The summed E-state index contributed by atoms with van der Waals surface area (Å²) in [5.74, 6) is 0. The van der Waals surface area contributed by atoms with Gasteiger partial charge in [-0.05, 0) is 36.8 Å². The number of rotatable bonds is 2. The van der Waals surface area contributed by atoms with Crippen molar-refractivity contribution in [3.8, 4) is 0 Å². The second-order valence-electron chi connectivity index (χ2n) is 4.64. The summed E-state index contributed by atoms with van der Waals surface area (Å²) in [5.41, 5.74) is 0.772. The molecule has 0 spiro atoms. The van der Waals surface area contributed by atoms with Gasteiger partial charge in [-0.25, -0.2) is 0 Å². The molecule has 2 heteroatoms. The minimum absolute atomic E-state index is 0.582. The summed E-state index contributed by atoms with van der Waals surface area (Å²) < 4.78 is 0. The van der Waals surface area contributed by atoms with Crippen LogP contribution >= 0.6 is 0 Å². The molecule has 2 aliphatic rings. The zero-order valence-electron chi connectivity index (χ0n) is 8.03. The lowest BCUT2D eigenvalue weighted by molar-refractivity contribution is 0.144. The molecule has 0 aliphatic heterocycles. The van der Waals surface area contributed by atoms with E-state index in [4.69, 9.17) is 0 Å². The molecule has 1 aromatic carbocycles. The van der Waals surface area contributed by atoms with Gasteiger partial charge >= 0.3 is 0 Å². The Hall–Kier alpha value is -0.860. The second kappa shape index (κ2) is 2.38. The summed E-state index contributed by atoms with van der Waals surface area (Å²) in [6, 6.07) is 7.78. The van der Waals surface area contributed by atoms with E-state index in [1.54, 1.807) is 0 Å². The minimum Gasteiger partial charge on any atom is -0.385 e. The molecule has 74 valence electrons. The van der Waals surface area contributed by atoms with Crippen LogP contribution in [0, 0.1) is 0 Å². The Balaban J connectivity index is 1.99. The van der Waals surface area contributed by atoms with Crippen LogP contribution < -0.4 is 0 Å². The highest BCUT2D eigenvalue weighted by Crippen LogP contribution is 2.49. The van der Waals surface area contributed by atoms with Crippen LogP contribution in [0.3, 0.4) is 0 Å². The van der Waals surface area contributed by atoms with Crippen molar-refractivity contribution in [1.82, 2.24) is 0 Å². The summed E-state index contributed by atoms with van der Waals surface area (Å²) in [7, 11) is 0. The Kier molecular flexibility index (Phi) is 1.44. The van der Waals surface area contributed by atoms with Gasteiger partial charge < -0.3 is 10.2 Å². The maximum atomic E-state index is 9.93. The summed E-state index contributed by atoms with van der Waals surface area (Å²) in [5, 5.41) is 19.9.